The monoisotopic (exact) mass is 345 g/mol. The topological polar surface area (TPSA) is 61.9 Å². The molecule has 1 aromatic carbocycles. The van der Waals surface area contributed by atoms with Crippen LogP contribution in [0.5, 0.6) is 5.75 Å². The highest BCUT2D eigenvalue weighted by Crippen LogP contribution is 2.21. The molecule has 0 radical (unpaired) electrons. The largest absolute Gasteiger partial charge is 0.484 e. The summed E-state index contributed by atoms with van der Waals surface area (Å²) in [6.45, 7) is 1.79. The highest BCUT2D eigenvalue weighted by atomic mass is 19.4. The van der Waals surface area contributed by atoms with Gasteiger partial charge in [0, 0.05) is 44.9 Å². The lowest BCUT2D eigenvalue weighted by atomic mass is 10.3. The van der Waals surface area contributed by atoms with Gasteiger partial charge in [0.1, 0.15) is 5.75 Å². The summed E-state index contributed by atoms with van der Waals surface area (Å²) in [4.78, 5) is 26.6. The first-order valence-corrected chi connectivity index (χ1v) is 7.36. The summed E-state index contributed by atoms with van der Waals surface area (Å²) in [6, 6.07) is 5.40. The van der Waals surface area contributed by atoms with Gasteiger partial charge in [-0.25, -0.2) is 4.79 Å². The van der Waals surface area contributed by atoms with Crippen LogP contribution >= 0.6 is 0 Å². The standard InChI is InChI=1S/C15H18F3N3O3/c1-11(22)20-5-7-21(8-6-20)14(23)19-12-3-2-4-13(9-12)24-10-15(16,17)18/h2-4,9H,5-8,10H2,1H3,(H,19,23). The van der Waals surface area contributed by atoms with Crippen molar-refractivity contribution in [2.45, 2.75) is 13.1 Å². The number of rotatable bonds is 3. The number of nitrogens with one attached hydrogen (secondary N) is 1. The summed E-state index contributed by atoms with van der Waals surface area (Å²) in [5, 5.41) is 2.62. The third kappa shape index (κ3) is 5.32. The summed E-state index contributed by atoms with van der Waals surface area (Å²) in [5.41, 5.74) is 0.341. The molecule has 132 valence electrons. The van der Waals surface area contributed by atoms with E-state index in [1.807, 2.05) is 0 Å². The van der Waals surface area contributed by atoms with Crippen LogP contribution in [-0.4, -0.2) is 60.7 Å². The molecule has 1 aromatic rings. The number of anilines is 1. The van der Waals surface area contributed by atoms with E-state index in [9.17, 15) is 22.8 Å². The summed E-state index contributed by atoms with van der Waals surface area (Å²) in [7, 11) is 0. The van der Waals surface area contributed by atoms with Crippen molar-refractivity contribution in [1.82, 2.24) is 9.80 Å². The van der Waals surface area contributed by atoms with Gasteiger partial charge in [0.2, 0.25) is 5.91 Å². The van der Waals surface area contributed by atoms with Gasteiger partial charge in [-0.2, -0.15) is 13.2 Å². The minimum atomic E-state index is -4.42. The fourth-order valence-electron chi connectivity index (χ4n) is 2.26. The van der Waals surface area contributed by atoms with Gasteiger partial charge in [-0.3, -0.25) is 4.79 Å². The van der Waals surface area contributed by atoms with E-state index in [1.165, 1.54) is 25.1 Å². The van der Waals surface area contributed by atoms with E-state index in [0.29, 0.717) is 31.9 Å². The van der Waals surface area contributed by atoms with E-state index >= 15 is 0 Å². The number of benzene rings is 1. The number of carbonyl (C=O) groups is 2. The number of hydrogen-bond acceptors (Lipinski definition) is 3. The molecule has 1 heterocycles. The number of alkyl halides is 3. The van der Waals surface area contributed by atoms with E-state index in [0.717, 1.165) is 0 Å². The van der Waals surface area contributed by atoms with Gasteiger partial charge in [-0.1, -0.05) is 6.07 Å². The molecule has 1 aliphatic heterocycles. The number of carbonyl (C=O) groups excluding carboxylic acids is 2. The Labute approximate surface area is 137 Å². The number of amides is 3. The molecule has 0 aliphatic carbocycles. The Morgan fingerprint density at radius 2 is 1.79 bits per heavy atom. The molecule has 1 saturated heterocycles. The lowest BCUT2D eigenvalue weighted by Crippen LogP contribution is -2.51. The molecule has 2 rings (SSSR count). The zero-order valence-electron chi connectivity index (χ0n) is 13.1. The maximum Gasteiger partial charge on any atom is 0.422 e. The van der Waals surface area contributed by atoms with Gasteiger partial charge >= 0.3 is 12.2 Å². The average molecular weight is 345 g/mol. The van der Waals surface area contributed by atoms with Crippen LogP contribution in [0.4, 0.5) is 23.7 Å². The molecular formula is C15H18F3N3O3. The zero-order chi connectivity index (χ0) is 17.7. The SMILES string of the molecule is CC(=O)N1CCN(C(=O)Nc2cccc(OCC(F)(F)F)c2)CC1. The Kier molecular flexibility index (Phi) is 5.53. The number of urea groups is 1. The first-order valence-electron chi connectivity index (χ1n) is 7.36. The van der Waals surface area contributed by atoms with E-state index in [2.05, 4.69) is 10.1 Å². The van der Waals surface area contributed by atoms with Gasteiger partial charge in [0.05, 0.1) is 0 Å². The van der Waals surface area contributed by atoms with Crippen LogP contribution in [0.3, 0.4) is 0 Å². The van der Waals surface area contributed by atoms with Gasteiger partial charge in [0.15, 0.2) is 6.61 Å². The van der Waals surface area contributed by atoms with Crippen LogP contribution in [0.15, 0.2) is 24.3 Å². The molecule has 9 heteroatoms. The molecule has 1 N–H and O–H groups in total. The van der Waals surface area contributed by atoms with Crippen molar-refractivity contribution in [1.29, 1.82) is 0 Å². The van der Waals surface area contributed by atoms with Crippen LogP contribution in [-0.2, 0) is 4.79 Å². The van der Waals surface area contributed by atoms with Crippen LogP contribution in [0.2, 0.25) is 0 Å². The highest BCUT2D eigenvalue weighted by Gasteiger charge is 2.28. The first kappa shape index (κ1) is 17.9. The number of hydrogen-bond donors (Lipinski definition) is 1. The smallest absolute Gasteiger partial charge is 0.422 e. The summed E-state index contributed by atoms with van der Waals surface area (Å²) >= 11 is 0. The molecule has 6 nitrogen and oxygen atoms in total. The number of ether oxygens (including phenoxy) is 1. The van der Waals surface area contributed by atoms with E-state index in [1.54, 1.807) is 15.9 Å². The third-order valence-electron chi connectivity index (χ3n) is 3.50. The van der Waals surface area contributed by atoms with Gasteiger partial charge in [-0.15, -0.1) is 0 Å². The molecule has 0 aromatic heterocycles. The van der Waals surface area contributed by atoms with Crippen LogP contribution in [0.25, 0.3) is 0 Å². The third-order valence-corrected chi connectivity index (χ3v) is 3.50. The Bertz CT molecular complexity index is 599. The second kappa shape index (κ2) is 7.41. The maximum atomic E-state index is 12.2. The second-order valence-corrected chi connectivity index (χ2v) is 5.35. The Balaban J connectivity index is 1.89. The van der Waals surface area contributed by atoms with Gasteiger partial charge in [-0.05, 0) is 12.1 Å². The summed E-state index contributed by atoms with van der Waals surface area (Å²) < 4.78 is 41.1. The molecule has 0 saturated carbocycles. The molecule has 1 fully saturated rings. The van der Waals surface area contributed by atoms with Gasteiger partial charge in [0.25, 0.3) is 0 Å². The minimum absolute atomic E-state index is 0.0199. The predicted octanol–water partition coefficient (Wildman–Crippen LogP) is 2.32. The quantitative estimate of drug-likeness (QED) is 0.915. The highest BCUT2D eigenvalue weighted by molar-refractivity contribution is 5.89. The molecule has 0 spiro atoms. The minimum Gasteiger partial charge on any atom is -0.484 e. The maximum absolute atomic E-state index is 12.2. The molecule has 0 bridgehead atoms. The van der Waals surface area contributed by atoms with Crippen molar-refractivity contribution in [3.63, 3.8) is 0 Å². The first-order chi connectivity index (χ1) is 11.2. The predicted molar refractivity (Wildman–Crippen MR) is 80.8 cm³/mol. The van der Waals surface area contributed by atoms with Crippen molar-refractivity contribution in [3.8, 4) is 5.75 Å². The molecule has 0 unspecified atom stereocenters. The molecule has 24 heavy (non-hydrogen) atoms. The van der Waals surface area contributed by atoms with E-state index in [4.69, 9.17) is 0 Å². The van der Waals surface area contributed by atoms with Crippen molar-refractivity contribution >= 4 is 17.6 Å². The van der Waals surface area contributed by atoms with Crippen molar-refractivity contribution in [3.05, 3.63) is 24.3 Å². The molecule has 3 amide bonds. The van der Waals surface area contributed by atoms with Crippen LogP contribution in [0, 0.1) is 0 Å². The molecule has 0 atom stereocenters. The summed E-state index contributed by atoms with van der Waals surface area (Å²) in [6.07, 6.45) is -4.42. The Morgan fingerprint density at radius 3 is 2.38 bits per heavy atom. The summed E-state index contributed by atoms with van der Waals surface area (Å²) in [5.74, 6) is -0.0175. The van der Waals surface area contributed by atoms with Crippen molar-refractivity contribution in [2.24, 2.45) is 0 Å². The van der Waals surface area contributed by atoms with Crippen LogP contribution < -0.4 is 10.1 Å². The van der Waals surface area contributed by atoms with E-state index in [-0.39, 0.29) is 17.7 Å². The van der Waals surface area contributed by atoms with Crippen molar-refractivity contribution in [2.75, 3.05) is 38.1 Å². The fourth-order valence-corrected chi connectivity index (χ4v) is 2.26. The fraction of sp³-hybridized carbons (Fsp3) is 0.467. The Hall–Kier alpha value is -2.45. The normalized spacial score (nSPS) is 15.2. The van der Waals surface area contributed by atoms with Crippen molar-refractivity contribution < 1.29 is 27.5 Å². The van der Waals surface area contributed by atoms with Crippen LogP contribution in [0.1, 0.15) is 6.92 Å². The average Bonchev–Trinajstić information content (AvgIpc) is 2.53. The second-order valence-electron chi connectivity index (χ2n) is 5.35. The Morgan fingerprint density at radius 1 is 1.17 bits per heavy atom. The zero-order valence-corrected chi connectivity index (χ0v) is 13.1. The lowest BCUT2D eigenvalue weighted by molar-refractivity contribution is -0.153. The number of nitrogens with zero attached hydrogens (tertiary/aromatic N) is 2. The lowest BCUT2D eigenvalue weighted by Gasteiger charge is -2.34. The number of piperazine rings is 1. The molecular weight excluding hydrogens is 327 g/mol. The number of halogens is 3. The van der Waals surface area contributed by atoms with E-state index < -0.39 is 12.8 Å². The molecule has 1 aliphatic rings. The van der Waals surface area contributed by atoms with Gasteiger partial charge < -0.3 is 19.9 Å².